The lowest BCUT2D eigenvalue weighted by atomic mass is 10.0. The predicted octanol–water partition coefficient (Wildman–Crippen LogP) is 2.85. The van der Waals surface area contributed by atoms with Crippen molar-refractivity contribution in [1.82, 2.24) is 5.32 Å². The molecule has 1 aliphatic rings. The molecule has 1 fully saturated rings. The molecule has 2 rings (SSSR count). The number of hydrogen-bond acceptors (Lipinski definition) is 3. The molecule has 1 N–H and O–H groups in total. The van der Waals surface area contributed by atoms with E-state index in [1.165, 1.54) is 31.1 Å². The van der Waals surface area contributed by atoms with Crippen molar-refractivity contribution < 1.29 is 9.53 Å². The minimum absolute atomic E-state index is 0.187. The summed E-state index contributed by atoms with van der Waals surface area (Å²) in [5.41, 5.74) is 2.66. The Kier molecular flexibility index (Phi) is 4.59. The van der Waals surface area contributed by atoms with Crippen LogP contribution in [0.3, 0.4) is 0 Å². The van der Waals surface area contributed by atoms with Crippen LogP contribution in [0.2, 0.25) is 0 Å². The highest BCUT2D eigenvalue weighted by atomic mass is 16.5. The first-order chi connectivity index (χ1) is 9.11. The molecule has 0 bridgehead atoms. The van der Waals surface area contributed by atoms with Crippen molar-refractivity contribution >= 4 is 5.97 Å². The van der Waals surface area contributed by atoms with Crippen LogP contribution in [-0.2, 0) is 16.1 Å². The van der Waals surface area contributed by atoms with Crippen LogP contribution in [0.15, 0.2) is 24.3 Å². The number of rotatable bonds is 6. The van der Waals surface area contributed by atoms with Gasteiger partial charge >= 0.3 is 5.97 Å². The summed E-state index contributed by atoms with van der Waals surface area (Å²) in [4.78, 5) is 11.7. The molecule has 1 atom stereocenters. The maximum atomic E-state index is 11.7. The standard InChI is InChI=1S/C16H23NO2/c1-11(2)15(16(18)19-3)17-10-12-5-4-6-14(9-12)13-7-8-13/h4-6,9,11,13,15,17H,7-8,10H2,1-3H3/t15-/m0/s1. The lowest BCUT2D eigenvalue weighted by Gasteiger charge is -2.20. The number of ether oxygens (including phenoxy) is 1. The highest BCUT2D eigenvalue weighted by Gasteiger charge is 2.24. The van der Waals surface area contributed by atoms with Crippen LogP contribution in [0.25, 0.3) is 0 Å². The van der Waals surface area contributed by atoms with Crippen LogP contribution in [0, 0.1) is 5.92 Å². The average molecular weight is 261 g/mol. The van der Waals surface area contributed by atoms with E-state index in [4.69, 9.17) is 4.74 Å². The Labute approximate surface area is 115 Å². The fraction of sp³-hybridized carbons (Fsp3) is 0.562. The van der Waals surface area contributed by atoms with Gasteiger partial charge in [0.05, 0.1) is 7.11 Å². The van der Waals surface area contributed by atoms with E-state index in [-0.39, 0.29) is 17.9 Å². The number of benzene rings is 1. The van der Waals surface area contributed by atoms with E-state index >= 15 is 0 Å². The third kappa shape index (κ3) is 3.80. The van der Waals surface area contributed by atoms with Gasteiger partial charge in [-0.2, -0.15) is 0 Å². The zero-order valence-electron chi connectivity index (χ0n) is 12.0. The molecule has 1 aromatic carbocycles. The summed E-state index contributed by atoms with van der Waals surface area (Å²) in [6.45, 7) is 4.75. The third-order valence-corrected chi connectivity index (χ3v) is 3.65. The van der Waals surface area contributed by atoms with E-state index in [2.05, 4.69) is 29.6 Å². The molecule has 0 saturated heterocycles. The van der Waals surface area contributed by atoms with Gasteiger partial charge in [-0.3, -0.25) is 4.79 Å². The van der Waals surface area contributed by atoms with Crippen molar-refractivity contribution in [3.05, 3.63) is 35.4 Å². The monoisotopic (exact) mass is 261 g/mol. The Bertz CT molecular complexity index is 438. The van der Waals surface area contributed by atoms with Crippen molar-refractivity contribution in [2.45, 2.75) is 45.2 Å². The molecule has 0 amide bonds. The van der Waals surface area contributed by atoms with Crippen LogP contribution in [0.5, 0.6) is 0 Å². The van der Waals surface area contributed by atoms with E-state index in [9.17, 15) is 4.79 Å². The van der Waals surface area contributed by atoms with Gasteiger partial charge in [-0.25, -0.2) is 0 Å². The fourth-order valence-corrected chi connectivity index (χ4v) is 2.32. The summed E-state index contributed by atoms with van der Waals surface area (Å²) in [7, 11) is 1.44. The molecule has 0 heterocycles. The predicted molar refractivity (Wildman–Crippen MR) is 75.9 cm³/mol. The van der Waals surface area contributed by atoms with Gasteiger partial charge in [-0.15, -0.1) is 0 Å². The Morgan fingerprint density at radius 2 is 2.16 bits per heavy atom. The summed E-state index contributed by atoms with van der Waals surface area (Å²) in [6.07, 6.45) is 2.63. The minimum atomic E-state index is -0.241. The Morgan fingerprint density at radius 3 is 2.74 bits per heavy atom. The normalized spacial score (nSPS) is 16.4. The first-order valence-electron chi connectivity index (χ1n) is 7.02. The molecular weight excluding hydrogens is 238 g/mol. The molecule has 0 radical (unpaired) electrons. The highest BCUT2D eigenvalue weighted by Crippen LogP contribution is 2.40. The molecule has 0 unspecified atom stereocenters. The molecule has 0 spiro atoms. The smallest absolute Gasteiger partial charge is 0.323 e. The van der Waals surface area contributed by atoms with E-state index < -0.39 is 0 Å². The summed E-state index contributed by atoms with van der Waals surface area (Å²) in [6, 6.07) is 8.41. The molecule has 1 saturated carbocycles. The van der Waals surface area contributed by atoms with Crippen molar-refractivity contribution in [3.8, 4) is 0 Å². The molecule has 3 nitrogen and oxygen atoms in total. The second-order valence-electron chi connectivity index (χ2n) is 5.65. The third-order valence-electron chi connectivity index (χ3n) is 3.65. The number of nitrogens with one attached hydrogen (secondary N) is 1. The van der Waals surface area contributed by atoms with E-state index in [1.807, 2.05) is 13.8 Å². The van der Waals surface area contributed by atoms with Crippen molar-refractivity contribution in [1.29, 1.82) is 0 Å². The Morgan fingerprint density at radius 1 is 1.42 bits per heavy atom. The number of carbonyl (C=O) groups excluding carboxylic acids is 1. The van der Waals surface area contributed by atoms with E-state index in [0.29, 0.717) is 6.54 Å². The summed E-state index contributed by atoms with van der Waals surface area (Å²) in [5.74, 6) is 0.800. The van der Waals surface area contributed by atoms with Crippen LogP contribution in [0.4, 0.5) is 0 Å². The highest BCUT2D eigenvalue weighted by molar-refractivity contribution is 5.75. The second-order valence-corrected chi connectivity index (χ2v) is 5.65. The van der Waals surface area contributed by atoms with Crippen LogP contribution < -0.4 is 5.32 Å². The quantitative estimate of drug-likeness (QED) is 0.800. The van der Waals surface area contributed by atoms with Gasteiger partial charge in [-0.1, -0.05) is 38.1 Å². The molecule has 104 valence electrons. The molecule has 0 aromatic heterocycles. The maximum Gasteiger partial charge on any atom is 0.323 e. The fourth-order valence-electron chi connectivity index (χ4n) is 2.32. The minimum Gasteiger partial charge on any atom is -0.468 e. The lowest BCUT2D eigenvalue weighted by molar-refractivity contribution is -0.144. The van der Waals surface area contributed by atoms with Crippen LogP contribution >= 0.6 is 0 Å². The molecule has 1 aromatic rings. The van der Waals surface area contributed by atoms with Gasteiger partial charge in [0, 0.05) is 6.54 Å². The zero-order valence-corrected chi connectivity index (χ0v) is 12.0. The van der Waals surface area contributed by atoms with Crippen molar-refractivity contribution in [2.75, 3.05) is 7.11 Å². The number of methoxy groups -OCH3 is 1. The first kappa shape index (κ1) is 14.1. The summed E-state index contributed by atoms with van der Waals surface area (Å²) in [5, 5.41) is 3.30. The van der Waals surface area contributed by atoms with Gasteiger partial charge < -0.3 is 10.1 Å². The van der Waals surface area contributed by atoms with Gasteiger partial charge in [0.25, 0.3) is 0 Å². The Hall–Kier alpha value is -1.35. The molecule has 0 aliphatic heterocycles. The second kappa shape index (κ2) is 6.20. The topological polar surface area (TPSA) is 38.3 Å². The van der Waals surface area contributed by atoms with E-state index in [1.54, 1.807) is 0 Å². The molecule has 3 heteroatoms. The van der Waals surface area contributed by atoms with Crippen molar-refractivity contribution in [2.24, 2.45) is 5.92 Å². The number of esters is 1. The summed E-state index contributed by atoms with van der Waals surface area (Å²) < 4.78 is 4.83. The molecule has 19 heavy (non-hydrogen) atoms. The summed E-state index contributed by atoms with van der Waals surface area (Å²) >= 11 is 0. The van der Waals surface area contributed by atoms with Crippen LogP contribution in [-0.4, -0.2) is 19.1 Å². The number of hydrogen-bond donors (Lipinski definition) is 1. The SMILES string of the molecule is COC(=O)[C@@H](NCc1cccc(C2CC2)c1)C(C)C. The van der Waals surface area contributed by atoms with Gasteiger partial charge in [0.2, 0.25) is 0 Å². The maximum absolute atomic E-state index is 11.7. The average Bonchev–Trinajstić information content (AvgIpc) is 3.23. The molecular formula is C16H23NO2. The van der Waals surface area contributed by atoms with Gasteiger partial charge in [0.15, 0.2) is 0 Å². The molecule has 1 aliphatic carbocycles. The zero-order chi connectivity index (χ0) is 13.8. The van der Waals surface area contributed by atoms with Gasteiger partial charge in [-0.05, 0) is 35.8 Å². The van der Waals surface area contributed by atoms with Gasteiger partial charge in [0.1, 0.15) is 6.04 Å². The lowest BCUT2D eigenvalue weighted by Crippen LogP contribution is -2.41. The van der Waals surface area contributed by atoms with Crippen LogP contribution in [0.1, 0.15) is 43.7 Å². The largest absolute Gasteiger partial charge is 0.468 e. The first-order valence-corrected chi connectivity index (χ1v) is 7.02. The Balaban J connectivity index is 1.96. The van der Waals surface area contributed by atoms with Crippen molar-refractivity contribution in [3.63, 3.8) is 0 Å². The van der Waals surface area contributed by atoms with E-state index in [0.717, 1.165) is 5.92 Å². The number of carbonyl (C=O) groups is 1.